The van der Waals surface area contributed by atoms with Crippen LogP contribution in [0.2, 0.25) is 0 Å². The molecule has 0 spiro atoms. The van der Waals surface area contributed by atoms with E-state index in [1.54, 1.807) is 24.3 Å². The summed E-state index contributed by atoms with van der Waals surface area (Å²) < 4.78 is 0. The van der Waals surface area contributed by atoms with E-state index in [2.05, 4.69) is 70.2 Å². The first kappa shape index (κ1) is 32.1. The Hall–Kier alpha value is -6.88. The molecule has 0 radical (unpaired) electrons. The molecule has 10 heteroatoms. The van der Waals surface area contributed by atoms with Crippen molar-refractivity contribution in [1.29, 1.82) is 0 Å². The van der Waals surface area contributed by atoms with E-state index in [4.69, 9.17) is 0 Å². The molecule has 258 valence electrons. The number of fused-ring (bicyclic) bond motifs is 3. The molecule has 6 aromatic carbocycles. The fourth-order valence-electron chi connectivity index (χ4n) is 8.43. The Morgan fingerprint density at radius 3 is 1.28 bits per heavy atom. The van der Waals surface area contributed by atoms with E-state index in [1.165, 1.54) is 12.1 Å². The number of non-ortho nitro benzene ring substituents is 2. The molecule has 0 fully saturated rings. The molecular weight excluding hydrogens is 665 g/mol. The van der Waals surface area contributed by atoms with Crippen LogP contribution < -0.4 is 21.7 Å². The van der Waals surface area contributed by atoms with Crippen LogP contribution in [0.15, 0.2) is 169 Å². The predicted molar refractivity (Wildman–Crippen MR) is 204 cm³/mol. The number of nitrogens with one attached hydrogen (secondary N) is 4. The van der Waals surface area contributed by atoms with Gasteiger partial charge in [0.15, 0.2) is 0 Å². The third-order valence-electron chi connectivity index (χ3n) is 10.5. The highest BCUT2D eigenvalue weighted by Crippen LogP contribution is 2.64. The maximum Gasteiger partial charge on any atom is 0.269 e. The first-order valence-electron chi connectivity index (χ1n) is 17.3. The Labute approximate surface area is 304 Å². The highest BCUT2D eigenvalue weighted by molar-refractivity contribution is 5.93. The molecule has 4 N–H and O–H groups in total. The monoisotopic (exact) mass is 696 g/mol. The van der Waals surface area contributed by atoms with Crippen molar-refractivity contribution >= 4 is 22.8 Å². The first-order valence-corrected chi connectivity index (χ1v) is 17.3. The maximum absolute atomic E-state index is 12.2. The van der Waals surface area contributed by atoms with E-state index >= 15 is 0 Å². The molecule has 0 saturated carbocycles. The molecule has 2 heterocycles. The summed E-state index contributed by atoms with van der Waals surface area (Å²) in [7, 11) is 0. The largest absolute Gasteiger partial charge is 0.320 e. The average molecular weight is 697 g/mol. The van der Waals surface area contributed by atoms with Gasteiger partial charge in [-0.2, -0.15) is 0 Å². The van der Waals surface area contributed by atoms with Gasteiger partial charge in [-0.05, 0) is 55.7 Å². The normalized spacial score (nSPS) is 18.3. The van der Waals surface area contributed by atoms with Gasteiger partial charge in [-0.25, -0.2) is 10.9 Å². The topological polar surface area (TPSA) is 134 Å². The second-order valence-corrected chi connectivity index (χ2v) is 13.3. The van der Waals surface area contributed by atoms with Crippen LogP contribution in [0.5, 0.6) is 0 Å². The van der Waals surface area contributed by atoms with Crippen LogP contribution >= 0.6 is 0 Å². The molecule has 0 saturated heterocycles. The van der Waals surface area contributed by atoms with Crippen molar-refractivity contribution < 1.29 is 9.85 Å². The lowest BCUT2D eigenvalue weighted by Crippen LogP contribution is -2.38. The fourth-order valence-corrected chi connectivity index (χ4v) is 8.43. The summed E-state index contributed by atoms with van der Waals surface area (Å²) in [6.45, 7) is 0. The smallest absolute Gasteiger partial charge is 0.269 e. The summed E-state index contributed by atoms with van der Waals surface area (Å²) in [5.74, 6) is 0. The van der Waals surface area contributed by atoms with Crippen LogP contribution in [-0.2, 0) is 5.41 Å². The van der Waals surface area contributed by atoms with Crippen molar-refractivity contribution in [2.45, 2.75) is 17.5 Å². The van der Waals surface area contributed by atoms with Crippen molar-refractivity contribution in [3.8, 4) is 11.1 Å². The van der Waals surface area contributed by atoms with Crippen LogP contribution in [0.3, 0.4) is 0 Å². The second-order valence-electron chi connectivity index (χ2n) is 13.3. The minimum Gasteiger partial charge on any atom is -0.320 e. The number of hydrogen-bond acceptors (Lipinski definition) is 8. The molecule has 0 bridgehead atoms. The van der Waals surface area contributed by atoms with E-state index in [9.17, 15) is 20.2 Å². The van der Waals surface area contributed by atoms with E-state index in [1.807, 2.05) is 72.8 Å². The molecule has 2 unspecified atom stereocenters. The minimum atomic E-state index is -1.04. The van der Waals surface area contributed by atoms with Crippen LogP contribution in [0.4, 0.5) is 11.4 Å². The molecule has 3 aliphatic rings. The van der Waals surface area contributed by atoms with Gasteiger partial charge in [0.05, 0.1) is 38.7 Å². The molecule has 1 aliphatic carbocycles. The Balaban J connectivity index is 1.46. The van der Waals surface area contributed by atoms with E-state index in [0.29, 0.717) is 11.1 Å². The van der Waals surface area contributed by atoms with E-state index in [-0.39, 0.29) is 21.2 Å². The van der Waals surface area contributed by atoms with Gasteiger partial charge in [-0.1, -0.05) is 133 Å². The zero-order chi connectivity index (χ0) is 36.1. The van der Waals surface area contributed by atoms with Gasteiger partial charge in [0, 0.05) is 24.3 Å². The van der Waals surface area contributed by atoms with E-state index < -0.39 is 17.5 Å². The number of benzene rings is 6. The van der Waals surface area contributed by atoms with Crippen molar-refractivity contribution in [3.63, 3.8) is 0 Å². The van der Waals surface area contributed by atoms with Gasteiger partial charge in [0.2, 0.25) is 0 Å². The van der Waals surface area contributed by atoms with Crippen LogP contribution in [-0.4, -0.2) is 9.85 Å². The molecular formula is C43H32N6O4. The molecule has 10 nitrogen and oxygen atoms in total. The zero-order valence-electron chi connectivity index (χ0n) is 28.2. The molecule has 2 atom stereocenters. The summed E-state index contributed by atoms with van der Waals surface area (Å²) in [5, 5.41) is 24.3. The van der Waals surface area contributed by atoms with Gasteiger partial charge in [-0.15, -0.1) is 0 Å². The van der Waals surface area contributed by atoms with Crippen LogP contribution in [0.25, 0.3) is 22.5 Å². The maximum atomic E-state index is 12.2. The standard InChI is InChI=1S/C43H32N6O4/c50-48(51)31-19-11-17-29(25-31)41-37(39(44-46-41)27-13-3-1-4-14-27)43(35-23-9-7-21-33(35)34-22-8-10-24-36(34)43)38-40(28-15-5-2-6-16-28)45-47-42(38)30-18-12-20-32(26-30)49(52)53/h1-26,41-42,44-47H. The summed E-state index contributed by atoms with van der Waals surface area (Å²) in [6.07, 6.45) is 0. The number of nitro groups is 2. The van der Waals surface area contributed by atoms with Crippen molar-refractivity contribution in [1.82, 2.24) is 21.7 Å². The lowest BCUT2D eigenvalue weighted by Gasteiger charge is -2.41. The van der Waals surface area contributed by atoms with Crippen molar-refractivity contribution in [2.75, 3.05) is 0 Å². The molecule has 9 rings (SSSR count). The SMILES string of the molecule is O=[N+]([O-])c1cccc(C2NNC(c3ccccc3)=C2C2(C3=C(c4ccccc4)NNC3c3cccc([N+](=O)[O-])c3)c3ccccc3-c3ccccc32)c1. The van der Waals surface area contributed by atoms with Gasteiger partial charge in [0.1, 0.15) is 0 Å². The van der Waals surface area contributed by atoms with Gasteiger partial charge in [0.25, 0.3) is 11.4 Å². The van der Waals surface area contributed by atoms with Gasteiger partial charge >= 0.3 is 0 Å². The van der Waals surface area contributed by atoms with Crippen LogP contribution in [0, 0.1) is 20.2 Å². The second kappa shape index (κ2) is 12.7. The number of rotatable bonds is 8. The van der Waals surface area contributed by atoms with Crippen molar-refractivity contribution in [3.05, 3.63) is 222 Å². The van der Waals surface area contributed by atoms with Crippen LogP contribution in [0.1, 0.15) is 45.5 Å². The third kappa shape index (κ3) is 5.03. The predicted octanol–water partition coefficient (Wildman–Crippen LogP) is 8.29. The van der Waals surface area contributed by atoms with Gasteiger partial charge in [-0.3, -0.25) is 20.2 Å². The molecule has 53 heavy (non-hydrogen) atoms. The zero-order valence-corrected chi connectivity index (χ0v) is 28.2. The molecule has 2 aliphatic heterocycles. The van der Waals surface area contributed by atoms with E-state index in [0.717, 1.165) is 55.9 Å². The summed E-state index contributed by atoms with van der Waals surface area (Å²) in [4.78, 5) is 23.6. The number of hydrazine groups is 2. The highest BCUT2D eigenvalue weighted by Gasteiger charge is 2.57. The fraction of sp³-hybridized carbons (Fsp3) is 0.0698. The average Bonchev–Trinajstić information content (AvgIpc) is 3.93. The summed E-state index contributed by atoms with van der Waals surface area (Å²) in [5.41, 5.74) is 24.1. The lowest BCUT2D eigenvalue weighted by atomic mass is 9.60. The van der Waals surface area contributed by atoms with Crippen molar-refractivity contribution in [2.24, 2.45) is 0 Å². The Morgan fingerprint density at radius 1 is 0.472 bits per heavy atom. The number of nitrogens with zero attached hydrogens (tertiary/aromatic N) is 2. The summed E-state index contributed by atoms with van der Waals surface area (Å²) in [6, 6.07) is 49.3. The minimum absolute atomic E-state index is 0.0130. The molecule has 0 amide bonds. The lowest BCUT2D eigenvalue weighted by molar-refractivity contribution is -0.385. The first-order chi connectivity index (χ1) is 26.0. The Morgan fingerprint density at radius 2 is 0.868 bits per heavy atom. The number of hydrogen-bond donors (Lipinski definition) is 4. The molecule has 6 aromatic rings. The quantitative estimate of drug-likeness (QED) is 0.0923. The Kier molecular flexibility index (Phi) is 7.69. The molecule has 0 aromatic heterocycles. The number of nitro benzene ring substituents is 2. The highest BCUT2D eigenvalue weighted by atomic mass is 16.6. The van der Waals surface area contributed by atoms with Gasteiger partial charge < -0.3 is 10.9 Å². The summed E-state index contributed by atoms with van der Waals surface area (Å²) >= 11 is 0. The third-order valence-corrected chi connectivity index (χ3v) is 10.5. The Bertz CT molecular complexity index is 2320.